The molecule has 0 heterocycles. The third kappa shape index (κ3) is 2.93. The number of nitrogens with zero attached hydrogens (tertiary/aromatic N) is 2. The Morgan fingerprint density at radius 1 is 1.50 bits per heavy atom. The lowest BCUT2D eigenvalue weighted by Gasteiger charge is -2.04. The van der Waals surface area contributed by atoms with Gasteiger partial charge >= 0.3 is 0 Å². The molecule has 0 bridgehead atoms. The summed E-state index contributed by atoms with van der Waals surface area (Å²) in [5.74, 6) is 0. The predicted molar refractivity (Wildman–Crippen MR) is 56.3 cm³/mol. The number of benzene rings is 1. The molecular formula is C8H7N3O4S. The van der Waals surface area contributed by atoms with E-state index in [9.17, 15) is 18.5 Å². The molecule has 0 saturated heterocycles. The number of anilines is 1. The molecule has 16 heavy (non-hydrogen) atoms. The molecule has 0 saturated carbocycles. The van der Waals surface area contributed by atoms with Crippen LogP contribution in [0.5, 0.6) is 0 Å². The normalized spacial score (nSPS) is 10.5. The Labute approximate surface area is 91.5 Å². The molecule has 1 N–H and O–H groups in total. The highest BCUT2D eigenvalue weighted by molar-refractivity contribution is 7.92. The second-order valence-corrected chi connectivity index (χ2v) is 4.72. The zero-order valence-electron chi connectivity index (χ0n) is 8.17. The van der Waals surface area contributed by atoms with Crippen LogP contribution in [0, 0.1) is 21.4 Å². The average molecular weight is 241 g/mol. The summed E-state index contributed by atoms with van der Waals surface area (Å²) in [7, 11) is -3.59. The van der Waals surface area contributed by atoms with E-state index in [1.165, 1.54) is 12.1 Å². The highest BCUT2D eigenvalue weighted by Gasteiger charge is 2.17. The largest absolute Gasteiger partial charge is 0.294 e. The standard InChI is InChI=1S/C8H7N3O4S/c1-16(14,15)10-7-3-2-6(5-9)4-8(7)11(12)13/h2-4,10H,1H3. The predicted octanol–water partition coefficient (Wildman–Crippen LogP) is 0.838. The fraction of sp³-hybridized carbons (Fsp3) is 0.125. The Balaban J connectivity index is 3.30. The first-order valence-corrected chi connectivity index (χ1v) is 5.89. The summed E-state index contributed by atoms with van der Waals surface area (Å²) in [6.07, 6.45) is 0.884. The number of rotatable bonds is 3. The first-order chi connectivity index (χ1) is 7.33. The second-order valence-electron chi connectivity index (χ2n) is 2.98. The number of nitro benzene ring substituents is 1. The Hall–Kier alpha value is -2.14. The van der Waals surface area contributed by atoms with Crippen LogP contribution < -0.4 is 4.72 Å². The zero-order valence-corrected chi connectivity index (χ0v) is 8.98. The molecule has 84 valence electrons. The summed E-state index contributed by atoms with van der Waals surface area (Å²) >= 11 is 0. The lowest BCUT2D eigenvalue weighted by Crippen LogP contribution is -2.11. The van der Waals surface area contributed by atoms with E-state index in [2.05, 4.69) is 0 Å². The van der Waals surface area contributed by atoms with Crippen molar-refractivity contribution in [3.63, 3.8) is 0 Å². The van der Waals surface area contributed by atoms with Gasteiger partial charge in [0, 0.05) is 6.07 Å². The molecule has 0 aliphatic heterocycles. The summed E-state index contributed by atoms with van der Waals surface area (Å²) < 4.78 is 23.9. The van der Waals surface area contributed by atoms with Crippen LogP contribution in [-0.2, 0) is 10.0 Å². The van der Waals surface area contributed by atoms with Gasteiger partial charge in [-0.25, -0.2) is 8.42 Å². The van der Waals surface area contributed by atoms with Gasteiger partial charge in [-0.3, -0.25) is 14.8 Å². The molecule has 0 amide bonds. The minimum atomic E-state index is -3.59. The Bertz CT molecular complexity index is 573. The lowest BCUT2D eigenvalue weighted by atomic mass is 10.2. The molecule has 0 atom stereocenters. The number of nitro groups is 1. The van der Waals surface area contributed by atoms with Crippen LogP contribution in [0.1, 0.15) is 5.56 Å². The Kier molecular flexibility index (Phi) is 3.10. The fourth-order valence-electron chi connectivity index (χ4n) is 1.04. The van der Waals surface area contributed by atoms with E-state index in [0.717, 1.165) is 12.3 Å². The van der Waals surface area contributed by atoms with Gasteiger partial charge in [0.25, 0.3) is 5.69 Å². The third-order valence-corrected chi connectivity index (χ3v) is 2.21. The van der Waals surface area contributed by atoms with E-state index in [-0.39, 0.29) is 11.3 Å². The van der Waals surface area contributed by atoms with Crippen molar-refractivity contribution >= 4 is 21.4 Å². The number of hydrogen-bond donors (Lipinski definition) is 1. The van der Waals surface area contributed by atoms with Crippen LogP contribution in [-0.4, -0.2) is 19.6 Å². The van der Waals surface area contributed by atoms with Crippen LogP contribution in [0.25, 0.3) is 0 Å². The number of nitrogens with one attached hydrogen (secondary N) is 1. The van der Waals surface area contributed by atoms with Gasteiger partial charge in [-0.1, -0.05) is 0 Å². The van der Waals surface area contributed by atoms with E-state index in [1.54, 1.807) is 6.07 Å². The number of sulfonamides is 1. The van der Waals surface area contributed by atoms with E-state index >= 15 is 0 Å². The second kappa shape index (κ2) is 4.16. The van der Waals surface area contributed by atoms with Gasteiger partial charge in [0.2, 0.25) is 10.0 Å². The maximum absolute atomic E-state index is 10.9. The van der Waals surface area contributed by atoms with Crippen LogP contribution in [0.3, 0.4) is 0 Å². The van der Waals surface area contributed by atoms with Gasteiger partial charge in [-0.05, 0) is 12.1 Å². The van der Waals surface area contributed by atoms with E-state index in [4.69, 9.17) is 5.26 Å². The molecule has 0 aromatic heterocycles. The van der Waals surface area contributed by atoms with Gasteiger partial charge in [0.15, 0.2) is 0 Å². The first-order valence-electron chi connectivity index (χ1n) is 4.00. The highest BCUT2D eigenvalue weighted by Crippen LogP contribution is 2.25. The van der Waals surface area contributed by atoms with Crippen molar-refractivity contribution in [2.45, 2.75) is 0 Å². The van der Waals surface area contributed by atoms with Gasteiger partial charge in [0.1, 0.15) is 5.69 Å². The van der Waals surface area contributed by atoms with Crippen molar-refractivity contribution in [2.24, 2.45) is 0 Å². The summed E-state index contributed by atoms with van der Waals surface area (Å²) in [6.45, 7) is 0. The van der Waals surface area contributed by atoms with Gasteiger partial charge in [-0.2, -0.15) is 5.26 Å². The quantitative estimate of drug-likeness (QED) is 0.622. The summed E-state index contributed by atoms with van der Waals surface area (Å²) in [5.41, 5.74) is -0.526. The molecule has 0 unspecified atom stereocenters. The molecule has 0 spiro atoms. The smallest absolute Gasteiger partial charge is 0.277 e. The molecule has 0 aliphatic carbocycles. The molecule has 0 aliphatic rings. The molecule has 1 aromatic rings. The van der Waals surface area contributed by atoms with Crippen molar-refractivity contribution < 1.29 is 13.3 Å². The van der Waals surface area contributed by atoms with E-state index in [1.807, 2.05) is 4.72 Å². The fourth-order valence-corrected chi connectivity index (χ4v) is 1.61. The lowest BCUT2D eigenvalue weighted by molar-refractivity contribution is -0.383. The first kappa shape index (κ1) is 11.9. The summed E-state index contributed by atoms with van der Waals surface area (Å²) in [5, 5.41) is 19.2. The number of nitriles is 1. The summed E-state index contributed by atoms with van der Waals surface area (Å²) in [4.78, 5) is 9.88. The van der Waals surface area contributed by atoms with Gasteiger partial charge in [-0.15, -0.1) is 0 Å². The molecule has 8 heteroatoms. The van der Waals surface area contributed by atoms with Crippen molar-refractivity contribution in [1.29, 1.82) is 5.26 Å². The molecule has 1 aromatic carbocycles. The molecular weight excluding hydrogens is 234 g/mol. The third-order valence-electron chi connectivity index (χ3n) is 1.62. The topological polar surface area (TPSA) is 113 Å². The van der Waals surface area contributed by atoms with Crippen molar-refractivity contribution in [3.8, 4) is 6.07 Å². The summed E-state index contributed by atoms with van der Waals surface area (Å²) in [6, 6.07) is 5.21. The minimum absolute atomic E-state index is 0.0887. The van der Waals surface area contributed by atoms with Crippen LogP contribution in [0.4, 0.5) is 11.4 Å². The Morgan fingerprint density at radius 3 is 2.56 bits per heavy atom. The van der Waals surface area contributed by atoms with E-state index in [0.29, 0.717) is 0 Å². The highest BCUT2D eigenvalue weighted by atomic mass is 32.2. The maximum Gasteiger partial charge on any atom is 0.294 e. The molecule has 1 rings (SSSR count). The van der Waals surface area contributed by atoms with Crippen molar-refractivity contribution in [1.82, 2.24) is 0 Å². The minimum Gasteiger partial charge on any atom is -0.277 e. The zero-order chi connectivity index (χ0) is 12.3. The van der Waals surface area contributed by atoms with Crippen LogP contribution in [0.15, 0.2) is 18.2 Å². The van der Waals surface area contributed by atoms with Crippen molar-refractivity contribution in [3.05, 3.63) is 33.9 Å². The van der Waals surface area contributed by atoms with Gasteiger partial charge < -0.3 is 0 Å². The van der Waals surface area contributed by atoms with Crippen LogP contribution >= 0.6 is 0 Å². The monoisotopic (exact) mass is 241 g/mol. The maximum atomic E-state index is 10.9. The molecule has 0 radical (unpaired) electrons. The van der Waals surface area contributed by atoms with Crippen LogP contribution in [0.2, 0.25) is 0 Å². The SMILES string of the molecule is CS(=O)(=O)Nc1ccc(C#N)cc1[N+](=O)[O-]. The van der Waals surface area contributed by atoms with Crippen molar-refractivity contribution in [2.75, 3.05) is 11.0 Å². The number of hydrogen-bond acceptors (Lipinski definition) is 5. The molecule has 0 fully saturated rings. The Morgan fingerprint density at radius 2 is 2.12 bits per heavy atom. The molecule has 7 nitrogen and oxygen atoms in total. The van der Waals surface area contributed by atoms with E-state index < -0.39 is 20.6 Å². The van der Waals surface area contributed by atoms with Gasteiger partial charge in [0.05, 0.1) is 22.8 Å². The average Bonchev–Trinajstić information content (AvgIpc) is 2.15.